The third kappa shape index (κ3) is 3.87. The lowest BCUT2D eigenvalue weighted by atomic mass is 9.91. The number of benzene rings is 1. The predicted molar refractivity (Wildman–Crippen MR) is 100 cm³/mol. The zero-order valence-corrected chi connectivity index (χ0v) is 15.3. The van der Waals surface area contributed by atoms with Gasteiger partial charge in [0.05, 0.1) is 0 Å². The van der Waals surface area contributed by atoms with E-state index in [0.717, 1.165) is 18.8 Å². The Morgan fingerprint density at radius 1 is 1.08 bits per heavy atom. The molecule has 3 rings (SSSR count). The fraction of sp³-hybridized carbons (Fsp3) is 0.421. The summed E-state index contributed by atoms with van der Waals surface area (Å²) in [6, 6.07) is 9.31. The summed E-state index contributed by atoms with van der Waals surface area (Å²) in [4.78, 5) is 27.4. The van der Waals surface area contributed by atoms with Crippen molar-refractivity contribution in [3.05, 3.63) is 36.1 Å². The van der Waals surface area contributed by atoms with E-state index in [1.807, 2.05) is 24.3 Å². The van der Waals surface area contributed by atoms with Crippen LogP contribution in [0.2, 0.25) is 0 Å². The molecular formula is C19H24N4O3. The van der Waals surface area contributed by atoms with E-state index < -0.39 is 11.3 Å². The van der Waals surface area contributed by atoms with Gasteiger partial charge in [0, 0.05) is 30.5 Å². The highest BCUT2D eigenvalue weighted by Gasteiger charge is 2.36. The van der Waals surface area contributed by atoms with Crippen LogP contribution in [0.15, 0.2) is 34.9 Å². The minimum Gasteiger partial charge on any atom is -0.372 e. The SMILES string of the molecule is Cc1cc(NC(=O)C(C)(C)C(=O)Nc2ccc(N3CCCC3)cc2)no1. The lowest BCUT2D eigenvalue weighted by Gasteiger charge is -2.22. The van der Waals surface area contributed by atoms with Crippen LogP contribution < -0.4 is 15.5 Å². The number of hydrogen-bond acceptors (Lipinski definition) is 5. The highest BCUT2D eigenvalue weighted by molar-refractivity contribution is 6.13. The number of rotatable bonds is 5. The molecule has 0 atom stereocenters. The standard InChI is InChI=1S/C19H24N4O3/c1-13-12-16(22-26-13)21-18(25)19(2,3)17(24)20-14-6-8-15(9-7-14)23-10-4-5-11-23/h6-9,12H,4-5,10-11H2,1-3H3,(H,20,24)(H,21,22,25). The second kappa shape index (κ2) is 7.19. The van der Waals surface area contributed by atoms with Crippen LogP contribution >= 0.6 is 0 Å². The molecule has 7 heteroatoms. The molecule has 0 unspecified atom stereocenters. The molecule has 26 heavy (non-hydrogen) atoms. The van der Waals surface area contributed by atoms with Crippen molar-refractivity contribution >= 4 is 29.0 Å². The maximum atomic E-state index is 12.6. The molecule has 2 heterocycles. The van der Waals surface area contributed by atoms with Gasteiger partial charge in [0.2, 0.25) is 11.8 Å². The maximum absolute atomic E-state index is 12.6. The van der Waals surface area contributed by atoms with Crippen LogP contribution in [0, 0.1) is 12.3 Å². The lowest BCUT2D eigenvalue weighted by molar-refractivity contribution is -0.135. The van der Waals surface area contributed by atoms with Crippen molar-refractivity contribution in [2.45, 2.75) is 33.6 Å². The number of carbonyl (C=O) groups excluding carboxylic acids is 2. The number of amides is 2. The average molecular weight is 356 g/mol. The van der Waals surface area contributed by atoms with Gasteiger partial charge in [-0.3, -0.25) is 9.59 Å². The molecule has 0 bridgehead atoms. The molecule has 0 radical (unpaired) electrons. The predicted octanol–water partition coefficient (Wildman–Crippen LogP) is 3.19. The third-order valence-electron chi connectivity index (χ3n) is 4.60. The first kappa shape index (κ1) is 18.0. The molecule has 1 aliphatic rings. The average Bonchev–Trinajstić information content (AvgIpc) is 3.27. The third-order valence-corrected chi connectivity index (χ3v) is 4.60. The summed E-state index contributed by atoms with van der Waals surface area (Å²) < 4.78 is 4.92. The number of nitrogens with zero attached hydrogens (tertiary/aromatic N) is 2. The van der Waals surface area contributed by atoms with Gasteiger partial charge in [-0.1, -0.05) is 5.16 Å². The van der Waals surface area contributed by atoms with Gasteiger partial charge < -0.3 is 20.1 Å². The summed E-state index contributed by atoms with van der Waals surface area (Å²) in [5.41, 5.74) is 0.551. The summed E-state index contributed by atoms with van der Waals surface area (Å²) in [5, 5.41) is 9.13. The summed E-state index contributed by atoms with van der Waals surface area (Å²) in [5.74, 6) is 0.0464. The molecule has 1 aromatic heterocycles. The topological polar surface area (TPSA) is 87.5 Å². The Hall–Kier alpha value is -2.83. The van der Waals surface area contributed by atoms with E-state index in [1.165, 1.54) is 12.8 Å². The minimum absolute atomic E-state index is 0.295. The largest absolute Gasteiger partial charge is 0.372 e. The zero-order chi connectivity index (χ0) is 18.7. The van der Waals surface area contributed by atoms with Crippen molar-refractivity contribution in [3.63, 3.8) is 0 Å². The monoisotopic (exact) mass is 356 g/mol. The van der Waals surface area contributed by atoms with Crippen LogP contribution in [0.4, 0.5) is 17.2 Å². The van der Waals surface area contributed by atoms with Crippen molar-refractivity contribution in [3.8, 4) is 0 Å². The van der Waals surface area contributed by atoms with E-state index in [1.54, 1.807) is 26.8 Å². The van der Waals surface area contributed by atoms with E-state index in [4.69, 9.17) is 4.52 Å². The second-order valence-corrected chi connectivity index (χ2v) is 7.10. The Balaban J connectivity index is 1.62. The fourth-order valence-electron chi connectivity index (χ4n) is 2.82. The number of nitrogens with one attached hydrogen (secondary N) is 2. The molecule has 1 aromatic carbocycles. The fourth-order valence-corrected chi connectivity index (χ4v) is 2.82. The quantitative estimate of drug-likeness (QED) is 0.804. The summed E-state index contributed by atoms with van der Waals surface area (Å²) in [7, 11) is 0. The van der Waals surface area contributed by atoms with Gasteiger partial charge in [-0.2, -0.15) is 0 Å². The van der Waals surface area contributed by atoms with Crippen LogP contribution in [0.5, 0.6) is 0 Å². The van der Waals surface area contributed by atoms with Gasteiger partial charge in [0.25, 0.3) is 0 Å². The molecule has 0 aliphatic carbocycles. The van der Waals surface area contributed by atoms with E-state index >= 15 is 0 Å². The van der Waals surface area contributed by atoms with E-state index in [9.17, 15) is 9.59 Å². The highest BCUT2D eigenvalue weighted by Crippen LogP contribution is 2.24. The summed E-state index contributed by atoms with van der Waals surface area (Å²) >= 11 is 0. The first-order chi connectivity index (χ1) is 12.4. The van der Waals surface area contributed by atoms with Gasteiger partial charge in [-0.15, -0.1) is 0 Å². The molecule has 0 saturated carbocycles. The molecule has 7 nitrogen and oxygen atoms in total. The van der Waals surface area contributed by atoms with E-state index in [-0.39, 0.29) is 5.91 Å². The lowest BCUT2D eigenvalue weighted by Crippen LogP contribution is -2.41. The molecule has 2 amide bonds. The normalized spacial score (nSPS) is 14.3. The second-order valence-electron chi connectivity index (χ2n) is 7.10. The number of carbonyl (C=O) groups is 2. The Bertz CT molecular complexity index is 789. The minimum atomic E-state index is -1.26. The van der Waals surface area contributed by atoms with Crippen molar-refractivity contribution in [2.24, 2.45) is 5.41 Å². The molecule has 1 saturated heterocycles. The van der Waals surface area contributed by atoms with Crippen LogP contribution in [0.1, 0.15) is 32.4 Å². The van der Waals surface area contributed by atoms with E-state index in [0.29, 0.717) is 17.3 Å². The van der Waals surface area contributed by atoms with Crippen LogP contribution in [-0.2, 0) is 9.59 Å². The van der Waals surface area contributed by atoms with Gasteiger partial charge in [0.1, 0.15) is 11.2 Å². The molecule has 138 valence electrons. The first-order valence-corrected chi connectivity index (χ1v) is 8.77. The summed E-state index contributed by atoms with van der Waals surface area (Å²) in [6.45, 7) is 7.01. The molecule has 2 N–H and O–H groups in total. The number of hydrogen-bond donors (Lipinski definition) is 2. The Morgan fingerprint density at radius 2 is 1.69 bits per heavy atom. The Morgan fingerprint density at radius 3 is 2.27 bits per heavy atom. The zero-order valence-electron chi connectivity index (χ0n) is 15.3. The Kier molecular flexibility index (Phi) is 4.97. The van der Waals surface area contributed by atoms with Crippen molar-refractivity contribution in [2.75, 3.05) is 28.6 Å². The molecule has 1 aliphatic heterocycles. The van der Waals surface area contributed by atoms with Crippen LogP contribution in [0.3, 0.4) is 0 Å². The maximum Gasteiger partial charge on any atom is 0.240 e. The van der Waals surface area contributed by atoms with E-state index in [2.05, 4.69) is 20.7 Å². The number of anilines is 3. The summed E-state index contributed by atoms with van der Waals surface area (Å²) in [6.07, 6.45) is 2.43. The van der Waals surface area contributed by atoms with Gasteiger partial charge in [-0.05, 0) is 57.9 Å². The van der Waals surface area contributed by atoms with Crippen LogP contribution in [-0.4, -0.2) is 30.1 Å². The molecule has 0 spiro atoms. The smallest absolute Gasteiger partial charge is 0.240 e. The first-order valence-electron chi connectivity index (χ1n) is 8.77. The van der Waals surface area contributed by atoms with Gasteiger partial charge in [0.15, 0.2) is 5.82 Å². The molecule has 2 aromatic rings. The number of aryl methyl sites for hydroxylation is 1. The van der Waals surface area contributed by atoms with Crippen molar-refractivity contribution in [1.29, 1.82) is 0 Å². The van der Waals surface area contributed by atoms with Crippen LogP contribution in [0.25, 0.3) is 0 Å². The molecular weight excluding hydrogens is 332 g/mol. The van der Waals surface area contributed by atoms with Crippen molar-refractivity contribution < 1.29 is 14.1 Å². The molecule has 1 fully saturated rings. The number of aromatic nitrogens is 1. The highest BCUT2D eigenvalue weighted by atomic mass is 16.5. The van der Waals surface area contributed by atoms with Crippen molar-refractivity contribution in [1.82, 2.24) is 5.16 Å². The Labute approximate surface area is 152 Å². The van der Waals surface area contributed by atoms with Gasteiger partial charge in [-0.25, -0.2) is 0 Å². The van der Waals surface area contributed by atoms with Gasteiger partial charge >= 0.3 is 0 Å².